The van der Waals surface area contributed by atoms with Crippen LogP contribution in [0.2, 0.25) is 0 Å². The zero-order valence-electron chi connectivity index (χ0n) is 17.2. The highest BCUT2D eigenvalue weighted by atomic mass is 16.5. The molecule has 0 N–H and O–H groups in total. The van der Waals surface area contributed by atoms with Gasteiger partial charge in [0.2, 0.25) is 0 Å². The third-order valence-electron chi connectivity index (χ3n) is 6.55. The van der Waals surface area contributed by atoms with Crippen LogP contribution in [0.3, 0.4) is 0 Å². The number of ether oxygens (including phenoxy) is 1. The summed E-state index contributed by atoms with van der Waals surface area (Å²) in [4.78, 5) is 2.63. The number of benzene rings is 3. The Morgan fingerprint density at radius 2 is 1.72 bits per heavy atom. The van der Waals surface area contributed by atoms with Crippen molar-refractivity contribution in [3.05, 3.63) is 89.0 Å². The van der Waals surface area contributed by atoms with E-state index in [9.17, 15) is 0 Å². The Morgan fingerprint density at radius 1 is 0.897 bits per heavy atom. The highest BCUT2D eigenvalue weighted by molar-refractivity contribution is 5.67. The first kappa shape index (κ1) is 18.4. The predicted molar refractivity (Wildman–Crippen MR) is 119 cm³/mol. The molecule has 0 spiro atoms. The van der Waals surface area contributed by atoms with Gasteiger partial charge in [-0.2, -0.15) is 0 Å². The number of hydrogen-bond donors (Lipinski definition) is 0. The molecule has 0 saturated heterocycles. The fraction of sp³-hybridized carbons (Fsp3) is 0.333. The average molecular weight is 384 g/mol. The maximum Gasteiger partial charge on any atom is 0.119 e. The molecule has 1 aliphatic heterocycles. The third-order valence-corrected chi connectivity index (χ3v) is 6.55. The number of nitrogens with zero attached hydrogens (tertiary/aromatic N) is 1. The molecule has 2 heteroatoms. The van der Waals surface area contributed by atoms with Crippen molar-refractivity contribution in [1.29, 1.82) is 0 Å². The van der Waals surface area contributed by atoms with Crippen LogP contribution >= 0.6 is 0 Å². The van der Waals surface area contributed by atoms with Gasteiger partial charge in [0, 0.05) is 25.6 Å². The van der Waals surface area contributed by atoms with E-state index in [1.807, 2.05) is 0 Å². The Balaban J connectivity index is 1.18. The first-order chi connectivity index (χ1) is 14.3. The number of fused-ring (bicyclic) bond motifs is 1. The van der Waals surface area contributed by atoms with Crippen molar-refractivity contribution in [2.75, 3.05) is 6.61 Å². The quantitative estimate of drug-likeness (QED) is 0.506. The largest absolute Gasteiger partial charge is 0.493 e. The van der Waals surface area contributed by atoms with Gasteiger partial charge >= 0.3 is 0 Å². The summed E-state index contributed by atoms with van der Waals surface area (Å²) >= 11 is 0. The molecule has 3 aromatic carbocycles. The second kappa shape index (κ2) is 8.04. The van der Waals surface area contributed by atoms with E-state index in [2.05, 4.69) is 78.6 Å². The van der Waals surface area contributed by atoms with Gasteiger partial charge in [-0.1, -0.05) is 61.0 Å². The Hall–Kier alpha value is -2.58. The van der Waals surface area contributed by atoms with E-state index < -0.39 is 0 Å². The van der Waals surface area contributed by atoms with Gasteiger partial charge in [0.15, 0.2) is 0 Å². The summed E-state index contributed by atoms with van der Waals surface area (Å²) < 4.78 is 6.11. The van der Waals surface area contributed by atoms with Gasteiger partial charge in [-0.3, -0.25) is 4.90 Å². The molecule has 1 aliphatic carbocycles. The van der Waals surface area contributed by atoms with Gasteiger partial charge in [0.1, 0.15) is 5.75 Å². The zero-order valence-corrected chi connectivity index (χ0v) is 17.2. The van der Waals surface area contributed by atoms with Crippen molar-refractivity contribution in [3.63, 3.8) is 0 Å². The standard InChI is InChI=1S/C27H29NO/c1-20-16-21(10-13-27(20)22-6-3-2-4-7-22)14-15-29-26-12-11-23-18-28(19-24(23)17-26)25-8-5-9-25/h2-4,6-7,10-13,16-17,25H,5,8-9,14-15,18-19H2,1H3. The fourth-order valence-corrected chi connectivity index (χ4v) is 4.61. The molecule has 0 bridgehead atoms. The van der Waals surface area contributed by atoms with Crippen molar-refractivity contribution in [2.24, 2.45) is 0 Å². The van der Waals surface area contributed by atoms with Crippen LogP contribution in [-0.4, -0.2) is 17.5 Å². The number of aryl methyl sites for hydroxylation is 1. The van der Waals surface area contributed by atoms with Crippen LogP contribution in [0.5, 0.6) is 5.75 Å². The highest BCUT2D eigenvalue weighted by Gasteiger charge is 2.29. The smallest absolute Gasteiger partial charge is 0.119 e. The van der Waals surface area contributed by atoms with E-state index in [1.165, 1.54) is 52.6 Å². The van der Waals surface area contributed by atoms with Crippen LogP contribution in [0.4, 0.5) is 0 Å². The second-order valence-electron chi connectivity index (χ2n) is 8.53. The first-order valence-electron chi connectivity index (χ1n) is 10.9. The lowest BCUT2D eigenvalue weighted by atomic mass is 9.92. The molecule has 0 radical (unpaired) electrons. The molecule has 148 valence electrons. The molecular formula is C27H29NO. The van der Waals surface area contributed by atoms with Crippen LogP contribution in [0.15, 0.2) is 66.7 Å². The summed E-state index contributed by atoms with van der Waals surface area (Å²) in [5.74, 6) is 1.01. The molecule has 2 nitrogen and oxygen atoms in total. The number of hydrogen-bond acceptors (Lipinski definition) is 2. The Labute approximate surface area is 174 Å². The summed E-state index contributed by atoms with van der Waals surface area (Å²) in [7, 11) is 0. The molecule has 0 amide bonds. The Bertz CT molecular complexity index is 991. The van der Waals surface area contributed by atoms with Gasteiger partial charge in [0.05, 0.1) is 6.61 Å². The molecule has 0 atom stereocenters. The minimum atomic E-state index is 0.718. The monoisotopic (exact) mass is 383 g/mol. The maximum absolute atomic E-state index is 6.11. The summed E-state index contributed by atoms with van der Waals surface area (Å²) in [6, 6.07) is 24.9. The van der Waals surface area contributed by atoms with Gasteiger partial charge in [-0.05, 0) is 65.3 Å². The normalized spacial score (nSPS) is 16.4. The lowest BCUT2D eigenvalue weighted by Gasteiger charge is -2.34. The molecule has 1 fully saturated rings. The minimum Gasteiger partial charge on any atom is -0.493 e. The predicted octanol–water partition coefficient (Wildman–Crippen LogP) is 6.15. The fourth-order valence-electron chi connectivity index (χ4n) is 4.61. The molecule has 0 unspecified atom stereocenters. The van der Waals surface area contributed by atoms with Crippen LogP contribution in [0.25, 0.3) is 11.1 Å². The SMILES string of the molecule is Cc1cc(CCOc2ccc3c(c2)CN(C2CCC2)C3)ccc1-c1ccccc1. The molecule has 1 heterocycles. The van der Waals surface area contributed by atoms with Crippen molar-refractivity contribution < 1.29 is 4.74 Å². The number of rotatable bonds is 6. The van der Waals surface area contributed by atoms with Gasteiger partial charge in [0.25, 0.3) is 0 Å². The Morgan fingerprint density at radius 3 is 2.48 bits per heavy atom. The topological polar surface area (TPSA) is 12.5 Å². The average Bonchev–Trinajstić information content (AvgIpc) is 3.10. The summed E-state index contributed by atoms with van der Waals surface area (Å²) in [5, 5.41) is 0. The molecule has 1 saturated carbocycles. The van der Waals surface area contributed by atoms with Crippen molar-refractivity contribution in [2.45, 2.75) is 51.7 Å². The third kappa shape index (κ3) is 3.95. The van der Waals surface area contributed by atoms with Crippen molar-refractivity contribution >= 4 is 0 Å². The lowest BCUT2D eigenvalue weighted by molar-refractivity contribution is 0.126. The van der Waals surface area contributed by atoms with E-state index in [4.69, 9.17) is 4.74 Å². The van der Waals surface area contributed by atoms with E-state index >= 15 is 0 Å². The van der Waals surface area contributed by atoms with E-state index in [0.717, 1.165) is 37.9 Å². The van der Waals surface area contributed by atoms with Gasteiger partial charge in [-0.25, -0.2) is 0 Å². The summed E-state index contributed by atoms with van der Waals surface area (Å²) in [6.45, 7) is 5.13. The first-order valence-corrected chi connectivity index (χ1v) is 10.9. The summed E-state index contributed by atoms with van der Waals surface area (Å²) in [5.41, 5.74) is 8.18. The Kier molecular flexibility index (Phi) is 5.12. The van der Waals surface area contributed by atoms with Crippen molar-refractivity contribution in [3.8, 4) is 16.9 Å². The summed E-state index contributed by atoms with van der Waals surface area (Å²) in [6.07, 6.45) is 5.08. The minimum absolute atomic E-state index is 0.718. The molecule has 5 rings (SSSR count). The second-order valence-corrected chi connectivity index (χ2v) is 8.53. The molecule has 3 aromatic rings. The van der Waals surface area contributed by atoms with Gasteiger partial charge in [-0.15, -0.1) is 0 Å². The van der Waals surface area contributed by atoms with E-state index in [-0.39, 0.29) is 0 Å². The van der Waals surface area contributed by atoms with E-state index in [1.54, 1.807) is 0 Å². The molecule has 2 aliphatic rings. The van der Waals surface area contributed by atoms with Crippen LogP contribution < -0.4 is 4.74 Å². The van der Waals surface area contributed by atoms with E-state index in [0.29, 0.717) is 0 Å². The van der Waals surface area contributed by atoms with Crippen LogP contribution in [0.1, 0.15) is 41.5 Å². The molecule has 29 heavy (non-hydrogen) atoms. The van der Waals surface area contributed by atoms with Gasteiger partial charge < -0.3 is 4.74 Å². The maximum atomic E-state index is 6.11. The van der Waals surface area contributed by atoms with Crippen LogP contribution in [0, 0.1) is 6.92 Å². The van der Waals surface area contributed by atoms with Crippen molar-refractivity contribution in [1.82, 2.24) is 4.90 Å². The molecule has 0 aromatic heterocycles. The lowest BCUT2D eigenvalue weighted by Crippen LogP contribution is -2.36. The van der Waals surface area contributed by atoms with Crippen LogP contribution in [-0.2, 0) is 19.5 Å². The zero-order chi connectivity index (χ0) is 19.6. The highest BCUT2D eigenvalue weighted by Crippen LogP contribution is 2.34. The molecular weight excluding hydrogens is 354 g/mol.